The molecule has 0 aliphatic rings. The Kier molecular flexibility index (Phi) is 14.4. The van der Waals surface area contributed by atoms with E-state index in [1.54, 1.807) is 0 Å². The highest BCUT2D eigenvalue weighted by Crippen LogP contribution is 2.11. The van der Waals surface area contributed by atoms with Crippen LogP contribution in [0, 0.1) is 6.92 Å². The van der Waals surface area contributed by atoms with E-state index in [2.05, 4.69) is 30.7 Å². The number of aryl methyl sites for hydroxylation is 2. The Morgan fingerprint density at radius 3 is 1.23 bits per heavy atom. The van der Waals surface area contributed by atoms with Crippen molar-refractivity contribution in [1.82, 2.24) is 15.0 Å². The summed E-state index contributed by atoms with van der Waals surface area (Å²) in [4.78, 5) is 13.9. The van der Waals surface area contributed by atoms with Crippen molar-refractivity contribution >= 4 is 0 Å². The van der Waals surface area contributed by atoms with Crippen LogP contribution < -0.4 is 0 Å². The summed E-state index contributed by atoms with van der Waals surface area (Å²) < 4.78 is 0. The zero-order valence-corrected chi connectivity index (χ0v) is 17.6. The molecule has 0 aromatic carbocycles. The summed E-state index contributed by atoms with van der Waals surface area (Å²) >= 11 is 0. The van der Waals surface area contributed by atoms with Gasteiger partial charge >= 0.3 is 0 Å². The van der Waals surface area contributed by atoms with E-state index in [4.69, 9.17) is 4.98 Å². The highest BCUT2D eigenvalue weighted by Gasteiger charge is 2.06. The second kappa shape index (κ2) is 16.2. The molecule has 0 aliphatic heterocycles. The first-order valence-electron chi connectivity index (χ1n) is 11.3. The van der Waals surface area contributed by atoms with Crippen LogP contribution in [-0.2, 0) is 19.3 Å². The van der Waals surface area contributed by atoms with Crippen LogP contribution in [0.5, 0.6) is 0 Å². The Labute approximate surface area is 162 Å². The maximum Gasteiger partial charge on any atom is 0.132 e. The largest absolute Gasteiger partial charge is 0.218 e. The molecule has 1 rings (SSSR count). The minimum atomic E-state index is 0.663. The predicted molar refractivity (Wildman–Crippen MR) is 112 cm³/mol. The average molecular weight is 361 g/mol. The third-order valence-corrected chi connectivity index (χ3v) is 5.01. The molecule has 0 atom stereocenters. The molecule has 0 unspecified atom stereocenters. The molecule has 0 fully saturated rings. The molecule has 0 amide bonds. The monoisotopic (exact) mass is 360 g/mol. The van der Waals surface area contributed by atoms with Crippen molar-refractivity contribution in [3.05, 3.63) is 24.4 Å². The van der Waals surface area contributed by atoms with Gasteiger partial charge in [-0.25, -0.2) is 15.0 Å². The van der Waals surface area contributed by atoms with Crippen LogP contribution in [0.1, 0.15) is 121 Å². The number of unbranched alkanes of at least 4 members (excludes halogenated alkanes) is 12. The molecule has 0 spiro atoms. The molecule has 3 heteroatoms. The first-order chi connectivity index (χ1) is 12.8. The quantitative estimate of drug-likeness (QED) is 0.286. The third kappa shape index (κ3) is 11.6. The van der Waals surface area contributed by atoms with Crippen LogP contribution in [0.15, 0.2) is 0 Å². The predicted octanol–water partition coefficient (Wildman–Crippen LogP) is 6.83. The maximum atomic E-state index is 4.73. The van der Waals surface area contributed by atoms with E-state index in [1.807, 2.05) is 0 Å². The van der Waals surface area contributed by atoms with Crippen molar-refractivity contribution < 1.29 is 0 Å². The molecular weight excluding hydrogens is 318 g/mol. The maximum absolute atomic E-state index is 4.73. The fourth-order valence-electron chi connectivity index (χ4n) is 3.34. The fraction of sp³-hybridized carbons (Fsp3) is 0.826. The lowest BCUT2D eigenvalue weighted by molar-refractivity contribution is 0.574. The molecule has 3 nitrogen and oxygen atoms in total. The summed E-state index contributed by atoms with van der Waals surface area (Å²) in [7, 11) is 0. The van der Waals surface area contributed by atoms with Gasteiger partial charge in [-0.15, -0.1) is 0 Å². The Morgan fingerprint density at radius 2 is 0.846 bits per heavy atom. The summed E-state index contributed by atoms with van der Waals surface area (Å²) in [5.41, 5.74) is 0. The topological polar surface area (TPSA) is 38.7 Å². The molecule has 0 saturated carbocycles. The molecule has 1 radical (unpaired) electrons. The van der Waals surface area contributed by atoms with Gasteiger partial charge in [-0.1, -0.05) is 90.9 Å². The second-order valence-electron chi connectivity index (χ2n) is 7.58. The van der Waals surface area contributed by atoms with Crippen LogP contribution in [-0.4, -0.2) is 15.0 Å². The average Bonchev–Trinajstić information content (AvgIpc) is 2.66. The van der Waals surface area contributed by atoms with Crippen molar-refractivity contribution in [3.63, 3.8) is 0 Å². The highest BCUT2D eigenvalue weighted by atomic mass is 15.0. The van der Waals surface area contributed by atoms with Gasteiger partial charge in [0.15, 0.2) is 0 Å². The lowest BCUT2D eigenvalue weighted by Crippen LogP contribution is -2.08. The van der Waals surface area contributed by atoms with Gasteiger partial charge in [-0.05, 0) is 19.8 Å². The Morgan fingerprint density at radius 1 is 0.500 bits per heavy atom. The lowest BCUT2D eigenvalue weighted by atomic mass is 10.1. The minimum absolute atomic E-state index is 0.663. The van der Waals surface area contributed by atoms with Crippen molar-refractivity contribution in [2.24, 2.45) is 0 Å². The molecule has 0 bridgehead atoms. The van der Waals surface area contributed by atoms with Gasteiger partial charge in [0.1, 0.15) is 17.5 Å². The van der Waals surface area contributed by atoms with Gasteiger partial charge in [-0.3, -0.25) is 0 Å². The number of hydrogen-bond donors (Lipinski definition) is 0. The summed E-state index contributed by atoms with van der Waals surface area (Å²) in [6.45, 7) is 8.50. The Bertz CT molecular complexity index is 409. The molecule has 1 aromatic rings. The van der Waals surface area contributed by atoms with Crippen molar-refractivity contribution in [2.45, 2.75) is 123 Å². The van der Waals surface area contributed by atoms with E-state index in [0.29, 0.717) is 6.42 Å². The summed E-state index contributed by atoms with van der Waals surface area (Å²) in [6.07, 6.45) is 21.2. The normalized spacial score (nSPS) is 11.2. The van der Waals surface area contributed by atoms with Gasteiger partial charge < -0.3 is 0 Å². The van der Waals surface area contributed by atoms with Gasteiger partial charge in [0.2, 0.25) is 0 Å². The van der Waals surface area contributed by atoms with Crippen LogP contribution in [0.25, 0.3) is 0 Å². The number of nitrogens with zero attached hydrogens (tertiary/aromatic N) is 3. The van der Waals surface area contributed by atoms with Gasteiger partial charge in [-0.2, -0.15) is 0 Å². The molecule has 26 heavy (non-hydrogen) atoms. The first kappa shape index (κ1) is 23.0. The van der Waals surface area contributed by atoms with Crippen LogP contribution in [0.2, 0.25) is 0 Å². The van der Waals surface area contributed by atoms with Crippen molar-refractivity contribution in [1.29, 1.82) is 0 Å². The summed E-state index contributed by atoms with van der Waals surface area (Å²) in [5.74, 6) is 2.85. The molecule has 1 heterocycles. The third-order valence-electron chi connectivity index (χ3n) is 5.01. The zero-order chi connectivity index (χ0) is 18.9. The standard InChI is InChI=1S/C23H42N3/c1-4-7-9-11-13-15-17-19-22-24-21(6-3)25-23(26-22)20-18-16-14-12-10-8-5-2/h3-20H2,1-2H3. The van der Waals surface area contributed by atoms with E-state index in [0.717, 1.165) is 30.3 Å². The van der Waals surface area contributed by atoms with Crippen LogP contribution in [0.4, 0.5) is 0 Å². The Balaban J connectivity index is 2.28. The minimum Gasteiger partial charge on any atom is -0.218 e. The summed E-state index contributed by atoms with van der Waals surface area (Å²) in [5, 5.41) is 0. The van der Waals surface area contributed by atoms with E-state index in [-0.39, 0.29) is 0 Å². The molecule has 0 N–H and O–H groups in total. The number of hydrogen-bond acceptors (Lipinski definition) is 3. The molecule has 0 aliphatic carbocycles. The van der Waals surface area contributed by atoms with Gasteiger partial charge in [0, 0.05) is 19.3 Å². The summed E-state index contributed by atoms with van der Waals surface area (Å²) in [6, 6.07) is 0. The smallest absolute Gasteiger partial charge is 0.132 e. The van der Waals surface area contributed by atoms with Gasteiger partial charge in [0.05, 0.1) is 0 Å². The lowest BCUT2D eigenvalue weighted by Gasteiger charge is -2.07. The van der Waals surface area contributed by atoms with E-state index < -0.39 is 0 Å². The number of aromatic nitrogens is 3. The molecule has 0 saturated heterocycles. The van der Waals surface area contributed by atoms with E-state index in [9.17, 15) is 0 Å². The first-order valence-corrected chi connectivity index (χ1v) is 11.3. The van der Waals surface area contributed by atoms with Crippen LogP contribution in [0.3, 0.4) is 0 Å². The van der Waals surface area contributed by atoms with E-state index >= 15 is 0 Å². The molecule has 1 aromatic heterocycles. The van der Waals surface area contributed by atoms with Gasteiger partial charge in [0.25, 0.3) is 0 Å². The Hall–Kier alpha value is -0.990. The molecule has 149 valence electrons. The van der Waals surface area contributed by atoms with E-state index in [1.165, 1.54) is 89.9 Å². The second-order valence-corrected chi connectivity index (χ2v) is 7.58. The fourth-order valence-corrected chi connectivity index (χ4v) is 3.34. The molecular formula is C23H42N3. The number of rotatable bonds is 17. The van der Waals surface area contributed by atoms with Crippen LogP contribution >= 0.6 is 0 Å². The van der Waals surface area contributed by atoms with Crippen molar-refractivity contribution in [2.75, 3.05) is 0 Å². The SMILES string of the molecule is [CH2]Cc1nc(CCCCCCCCC)nc(CCCCCCCCC)n1. The zero-order valence-electron chi connectivity index (χ0n) is 17.6. The van der Waals surface area contributed by atoms with Crippen molar-refractivity contribution in [3.8, 4) is 0 Å². The highest BCUT2D eigenvalue weighted by molar-refractivity contribution is 4.99.